The fourth-order valence-electron chi connectivity index (χ4n) is 4.68. The molecule has 1 saturated carbocycles. The van der Waals surface area contributed by atoms with Gasteiger partial charge in [0.1, 0.15) is 17.0 Å². The molecular formula is C25H23FN6O3S. The molecule has 36 heavy (non-hydrogen) atoms. The molecule has 0 bridgehead atoms. The maximum atomic E-state index is 14.8. The second kappa shape index (κ2) is 8.02. The highest BCUT2D eigenvalue weighted by atomic mass is 32.2. The van der Waals surface area contributed by atoms with E-state index in [4.69, 9.17) is 0 Å². The SMILES string of the molecule is Cc1ccc(Nc2c3c(=O)n(C4CC4)c(=O)n(-c4ccc5c(c4)NSN5)c3c(C)c(=O)n2C)c(F)c1. The summed E-state index contributed by atoms with van der Waals surface area (Å²) in [7, 11) is 1.53. The Morgan fingerprint density at radius 2 is 1.75 bits per heavy atom. The number of fused-ring (bicyclic) bond motifs is 2. The summed E-state index contributed by atoms with van der Waals surface area (Å²) in [5.41, 5.74) is 2.08. The van der Waals surface area contributed by atoms with E-state index in [0.29, 0.717) is 18.5 Å². The minimum absolute atomic E-state index is 0.126. The van der Waals surface area contributed by atoms with Crippen LogP contribution in [-0.2, 0) is 7.05 Å². The first-order valence-electron chi connectivity index (χ1n) is 11.5. The van der Waals surface area contributed by atoms with Gasteiger partial charge in [-0.25, -0.2) is 9.18 Å². The number of hydrogen-bond donors (Lipinski definition) is 3. The van der Waals surface area contributed by atoms with Gasteiger partial charge in [-0.2, -0.15) is 0 Å². The van der Waals surface area contributed by atoms with Crippen LogP contribution in [0, 0.1) is 19.7 Å². The van der Waals surface area contributed by atoms with Crippen molar-refractivity contribution in [2.75, 3.05) is 14.8 Å². The topological polar surface area (TPSA) is 102 Å². The van der Waals surface area contributed by atoms with Gasteiger partial charge in [-0.15, -0.1) is 0 Å². The van der Waals surface area contributed by atoms with Crippen LogP contribution in [0.4, 0.5) is 27.3 Å². The summed E-state index contributed by atoms with van der Waals surface area (Å²) in [5, 5.41) is 3.13. The number of benzene rings is 2. The summed E-state index contributed by atoms with van der Waals surface area (Å²) in [6, 6.07) is 9.86. The van der Waals surface area contributed by atoms with Gasteiger partial charge in [0.2, 0.25) is 0 Å². The van der Waals surface area contributed by atoms with Crippen LogP contribution in [0.15, 0.2) is 50.8 Å². The third-order valence-electron chi connectivity index (χ3n) is 6.72. The van der Waals surface area contributed by atoms with Crippen molar-refractivity contribution in [3.8, 4) is 5.69 Å². The molecule has 0 saturated heterocycles. The summed E-state index contributed by atoms with van der Waals surface area (Å²) < 4.78 is 25.0. The van der Waals surface area contributed by atoms with E-state index in [1.54, 1.807) is 38.1 Å². The largest absolute Gasteiger partial charge is 0.338 e. The highest BCUT2D eigenvalue weighted by Crippen LogP contribution is 2.36. The Morgan fingerprint density at radius 3 is 2.47 bits per heavy atom. The monoisotopic (exact) mass is 506 g/mol. The molecule has 4 aromatic rings. The van der Waals surface area contributed by atoms with E-state index in [-0.39, 0.29) is 34.0 Å². The van der Waals surface area contributed by atoms with Gasteiger partial charge in [0.15, 0.2) is 0 Å². The lowest BCUT2D eigenvalue weighted by atomic mass is 10.1. The number of halogens is 1. The van der Waals surface area contributed by atoms with Crippen LogP contribution >= 0.6 is 12.1 Å². The molecule has 2 aliphatic rings. The molecule has 1 aliphatic heterocycles. The molecule has 1 aliphatic carbocycles. The molecule has 184 valence electrons. The van der Waals surface area contributed by atoms with Crippen molar-refractivity contribution in [3.05, 3.63) is 84.5 Å². The summed E-state index contributed by atoms with van der Waals surface area (Å²) >= 11 is 1.31. The van der Waals surface area contributed by atoms with E-state index in [0.717, 1.165) is 16.9 Å². The number of nitrogens with one attached hydrogen (secondary N) is 3. The Balaban J connectivity index is 1.73. The van der Waals surface area contributed by atoms with Gasteiger partial charge in [0, 0.05) is 18.7 Å². The van der Waals surface area contributed by atoms with Crippen molar-refractivity contribution < 1.29 is 4.39 Å². The van der Waals surface area contributed by atoms with Crippen LogP contribution in [0.25, 0.3) is 16.6 Å². The lowest BCUT2D eigenvalue weighted by molar-refractivity contribution is 0.630. The van der Waals surface area contributed by atoms with Gasteiger partial charge in [-0.1, -0.05) is 6.07 Å². The smallest absolute Gasteiger partial charge is 0.336 e. The number of nitrogens with zero attached hydrogens (tertiary/aromatic N) is 3. The van der Waals surface area contributed by atoms with Gasteiger partial charge < -0.3 is 14.8 Å². The van der Waals surface area contributed by atoms with Crippen molar-refractivity contribution in [2.45, 2.75) is 32.7 Å². The Labute approximate surface area is 208 Å². The van der Waals surface area contributed by atoms with Gasteiger partial charge in [-0.3, -0.25) is 23.3 Å². The van der Waals surface area contributed by atoms with Crippen molar-refractivity contribution >= 4 is 45.9 Å². The molecule has 0 amide bonds. The maximum Gasteiger partial charge on any atom is 0.336 e. The van der Waals surface area contributed by atoms with E-state index >= 15 is 0 Å². The predicted octanol–water partition coefficient (Wildman–Crippen LogP) is 4.09. The van der Waals surface area contributed by atoms with Crippen LogP contribution in [0.5, 0.6) is 0 Å². The fraction of sp³-hybridized carbons (Fsp3) is 0.240. The van der Waals surface area contributed by atoms with E-state index in [2.05, 4.69) is 14.8 Å². The Bertz CT molecular complexity index is 1770. The number of hydrogen-bond acceptors (Lipinski definition) is 7. The number of aryl methyl sites for hydroxylation is 2. The Kier molecular flexibility index (Phi) is 5.01. The molecule has 1 fully saturated rings. The quantitative estimate of drug-likeness (QED) is 0.359. The average molecular weight is 507 g/mol. The van der Waals surface area contributed by atoms with Crippen LogP contribution in [0.2, 0.25) is 0 Å². The normalized spacial score (nSPS) is 14.4. The standard InChI is InChI=1S/C25H23FN6O3S/c1-12-4-8-17(16(26)10-12)27-22-20-21(13(2)23(33)30(22)3)31(25(35)32(24(20)34)14-5-6-14)15-7-9-18-19(11-15)29-36-28-18/h4,7-11,14,27-29H,5-6H2,1-3H3. The van der Waals surface area contributed by atoms with Gasteiger partial charge in [0.25, 0.3) is 11.1 Å². The second-order valence-electron chi connectivity index (χ2n) is 9.23. The molecule has 9 nitrogen and oxygen atoms in total. The summed E-state index contributed by atoms with van der Waals surface area (Å²) in [6.45, 7) is 3.37. The Hall–Kier alpha value is -3.99. The van der Waals surface area contributed by atoms with Crippen LogP contribution < -0.4 is 31.6 Å². The third kappa shape index (κ3) is 3.34. The molecular weight excluding hydrogens is 483 g/mol. The molecule has 3 heterocycles. The van der Waals surface area contributed by atoms with Crippen molar-refractivity contribution in [1.29, 1.82) is 0 Å². The molecule has 0 spiro atoms. The molecule has 11 heteroatoms. The summed E-state index contributed by atoms with van der Waals surface area (Å²) in [5.74, 6) is -0.380. The van der Waals surface area contributed by atoms with Gasteiger partial charge in [-0.05, 0) is 62.6 Å². The fourth-order valence-corrected chi connectivity index (χ4v) is 5.30. The maximum absolute atomic E-state index is 14.8. The number of rotatable bonds is 4. The molecule has 6 rings (SSSR count). The van der Waals surface area contributed by atoms with Gasteiger partial charge in [0.05, 0.1) is 40.4 Å². The third-order valence-corrected chi connectivity index (χ3v) is 7.36. The summed E-state index contributed by atoms with van der Waals surface area (Å²) in [4.78, 5) is 41.0. The predicted molar refractivity (Wildman–Crippen MR) is 141 cm³/mol. The van der Waals surface area contributed by atoms with E-state index in [1.807, 2.05) is 6.07 Å². The zero-order valence-corrected chi connectivity index (χ0v) is 20.6. The minimum Gasteiger partial charge on any atom is -0.338 e. The van der Waals surface area contributed by atoms with Crippen molar-refractivity contribution in [1.82, 2.24) is 13.7 Å². The number of aromatic nitrogens is 3. The second-order valence-corrected chi connectivity index (χ2v) is 9.84. The molecule has 2 aromatic heterocycles. The van der Waals surface area contributed by atoms with Crippen molar-refractivity contribution in [3.63, 3.8) is 0 Å². The zero-order chi connectivity index (χ0) is 25.3. The van der Waals surface area contributed by atoms with Crippen LogP contribution in [0.3, 0.4) is 0 Å². The highest BCUT2D eigenvalue weighted by molar-refractivity contribution is 8.02. The van der Waals surface area contributed by atoms with Gasteiger partial charge >= 0.3 is 5.69 Å². The Morgan fingerprint density at radius 1 is 1.00 bits per heavy atom. The molecule has 0 radical (unpaired) electrons. The average Bonchev–Trinajstić information content (AvgIpc) is 3.57. The minimum atomic E-state index is -0.512. The first-order valence-corrected chi connectivity index (χ1v) is 12.3. The molecule has 3 N–H and O–H groups in total. The van der Waals surface area contributed by atoms with E-state index < -0.39 is 22.6 Å². The molecule has 0 atom stereocenters. The van der Waals surface area contributed by atoms with E-state index in [1.165, 1.54) is 38.9 Å². The number of pyridine rings is 1. The van der Waals surface area contributed by atoms with Crippen molar-refractivity contribution in [2.24, 2.45) is 7.05 Å². The first kappa shape index (κ1) is 22.5. The van der Waals surface area contributed by atoms with Crippen LogP contribution in [0.1, 0.15) is 30.0 Å². The van der Waals surface area contributed by atoms with Crippen LogP contribution in [-0.4, -0.2) is 13.7 Å². The van der Waals surface area contributed by atoms with E-state index in [9.17, 15) is 18.8 Å². The number of anilines is 4. The lowest BCUT2D eigenvalue weighted by Crippen LogP contribution is -2.41. The molecule has 2 aromatic carbocycles. The highest BCUT2D eigenvalue weighted by Gasteiger charge is 2.32. The zero-order valence-electron chi connectivity index (χ0n) is 19.8. The lowest BCUT2D eigenvalue weighted by Gasteiger charge is -2.21. The molecule has 0 unspecified atom stereocenters. The first-order chi connectivity index (χ1) is 17.3. The summed E-state index contributed by atoms with van der Waals surface area (Å²) in [6.07, 6.45) is 1.43.